The van der Waals surface area contributed by atoms with Gasteiger partial charge in [0.15, 0.2) is 5.82 Å². The first kappa shape index (κ1) is 21.8. The quantitative estimate of drug-likeness (QED) is 0.687. The van der Waals surface area contributed by atoms with Crippen LogP contribution >= 0.6 is 0 Å². The van der Waals surface area contributed by atoms with Gasteiger partial charge in [0.05, 0.1) is 17.1 Å². The lowest BCUT2D eigenvalue weighted by molar-refractivity contribution is 0.380. The van der Waals surface area contributed by atoms with E-state index < -0.39 is 15.3 Å². The van der Waals surface area contributed by atoms with Gasteiger partial charge in [0.25, 0.3) is 5.56 Å². The molecule has 0 radical (unpaired) electrons. The van der Waals surface area contributed by atoms with Gasteiger partial charge in [-0.05, 0) is 45.2 Å². The van der Waals surface area contributed by atoms with Crippen molar-refractivity contribution < 1.29 is 8.42 Å². The Labute approximate surface area is 183 Å². The Bertz CT molecular complexity index is 1060. The highest BCUT2D eigenvalue weighted by atomic mass is 32.2. The van der Waals surface area contributed by atoms with Crippen LogP contribution in [0.25, 0.3) is 5.82 Å². The molecular weight excluding hydrogens is 416 g/mol. The Hall–Kier alpha value is -2.46. The summed E-state index contributed by atoms with van der Waals surface area (Å²) < 4.78 is 28.0. The minimum absolute atomic E-state index is 0.185. The molecule has 0 unspecified atom stereocenters. The molecule has 0 atom stereocenters. The summed E-state index contributed by atoms with van der Waals surface area (Å²) in [5.74, 6) is 0.491. The smallest absolute Gasteiger partial charge is 0.298 e. The number of aromatic nitrogens is 3. The predicted molar refractivity (Wildman–Crippen MR) is 122 cm³/mol. The highest BCUT2D eigenvalue weighted by Crippen LogP contribution is 2.29. The summed E-state index contributed by atoms with van der Waals surface area (Å²) in [4.78, 5) is 22.1. The molecule has 2 saturated heterocycles. The van der Waals surface area contributed by atoms with Gasteiger partial charge >= 0.3 is 0 Å². The average molecular weight is 447 g/mol. The lowest BCUT2D eigenvalue weighted by Gasteiger charge is -2.38. The van der Waals surface area contributed by atoms with Crippen molar-refractivity contribution in [1.29, 1.82) is 0 Å². The Kier molecular flexibility index (Phi) is 6.29. The molecule has 0 aromatic carbocycles. The molecule has 2 aromatic heterocycles. The summed E-state index contributed by atoms with van der Waals surface area (Å²) in [6.45, 7) is 6.94. The number of piperidine rings is 1. The van der Waals surface area contributed by atoms with Crippen molar-refractivity contribution in [3.05, 3.63) is 40.9 Å². The largest absolute Gasteiger partial charge is 0.366 e. The molecule has 4 heterocycles. The zero-order valence-corrected chi connectivity index (χ0v) is 19.0. The van der Waals surface area contributed by atoms with Crippen molar-refractivity contribution in [3.63, 3.8) is 0 Å². The highest BCUT2D eigenvalue weighted by molar-refractivity contribution is 7.89. The van der Waals surface area contributed by atoms with Crippen LogP contribution in [0.2, 0.25) is 0 Å². The molecule has 0 amide bonds. The topological polar surface area (TPSA) is 91.6 Å². The van der Waals surface area contributed by atoms with E-state index in [0.29, 0.717) is 37.7 Å². The monoisotopic (exact) mass is 446 g/mol. The van der Waals surface area contributed by atoms with Crippen molar-refractivity contribution >= 4 is 21.4 Å². The number of sulfonamides is 1. The lowest BCUT2D eigenvalue weighted by atomic mass is 10.1. The third-order valence-corrected chi connectivity index (χ3v) is 8.28. The summed E-state index contributed by atoms with van der Waals surface area (Å²) in [5, 5.41) is 3.98. The van der Waals surface area contributed by atoms with Crippen LogP contribution in [0, 0.1) is 0 Å². The molecule has 168 valence electrons. The van der Waals surface area contributed by atoms with Gasteiger partial charge in [-0.1, -0.05) is 6.07 Å². The first-order valence-corrected chi connectivity index (χ1v) is 12.4. The molecule has 4 rings (SSSR count). The van der Waals surface area contributed by atoms with E-state index in [-0.39, 0.29) is 5.56 Å². The minimum Gasteiger partial charge on any atom is -0.366 e. The van der Waals surface area contributed by atoms with Gasteiger partial charge in [-0.2, -0.15) is 14.1 Å². The van der Waals surface area contributed by atoms with Crippen LogP contribution in [-0.4, -0.2) is 72.0 Å². The van der Waals surface area contributed by atoms with Gasteiger partial charge in [-0.25, -0.2) is 13.4 Å². The van der Waals surface area contributed by atoms with Gasteiger partial charge < -0.3 is 9.80 Å². The highest BCUT2D eigenvalue weighted by Gasteiger charge is 2.31. The molecule has 2 aliphatic heterocycles. The van der Waals surface area contributed by atoms with E-state index >= 15 is 0 Å². The van der Waals surface area contributed by atoms with Crippen LogP contribution < -0.4 is 15.4 Å². The molecule has 0 saturated carbocycles. The van der Waals surface area contributed by atoms with E-state index in [4.69, 9.17) is 0 Å². The Morgan fingerprint density at radius 3 is 2.26 bits per heavy atom. The van der Waals surface area contributed by atoms with Crippen LogP contribution in [0.1, 0.15) is 33.1 Å². The van der Waals surface area contributed by atoms with E-state index in [1.165, 1.54) is 4.68 Å². The standard InChI is InChI=1S/C21H30N6O3S/c1-17(2)31(29,30)26-14-12-24(13-15-26)18-16-23-27(19-8-4-5-9-22-19)21(28)20(18)25-10-6-3-7-11-25/h4-5,8-9,16-17H,3,6-7,10-15H2,1-2H3. The van der Waals surface area contributed by atoms with E-state index in [0.717, 1.165) is 38.0 Å². The van der Waals surface area contributed by atoms with Crippen LogP contribution in [0.4, 0.5) is 11.4 Å². The van der Waals surface area contributed by atoms with Crippen LogP contribution in [0.15, 0.2) is 35.4 Å². The van der Waals surface area contributed by atoms with Crippen molar-refractivity contribution in [3.8, 4) is 5.82 Å². The molecule has 9 nitrogen and oxygen atoms in total. The molecule has 2 fully saturated rings. The molecule has 0 bridgehead atoms. The molecule has 0 aliphatic carbocycles. The maximum atomic E-state index is 13.5. The van der Waals surface area contributed by atoms with Crippen molar-refractivity contribution in [2.24, 2.45) is 0 Å². The first-order chi connectivity index (χ1) is 14.9. The minimum atomic E-state index is -3.28. The number of pyridine rings is 1. The second-order valence-corrected chi connectivity index (χ2v) is 10.8. The summed E-state index contributed by atoms with van der Waals surface area (Å²) in [6.07, 6.45) is 6.63. The zero-order valence-electron chi connectivity index (χ0n) is 18.1. The normalized spacial score (nSPS) is 18.5. The zero-order chi connectivity index (χ0) is 22.0. The third kappa shape index (κ3) is 4.31. The van der Waals surface area contributed by atoms with E-state index in [9.17, 15) is 13.2 Å². The van der Waals surface area contributed by atoms with Crippen LogP contribution in [0.3, 0.4) is 0 Å². The van der Waals surface area contributed by atoms with Gasteiger partial charge in [0.2, 0.25) is 10.0 Å². The van der Waals surface area contributed by atoms with Crippen molar-refractivity contribution in [1.82, 2.24) is 19.1 Å². The average Bonchev–Trinajstić information content (AvgIpc) is 2.80. The Morgan fingerprint density at radius 2 is 1.65 bits per heavy atom. The Balaban J connectivity index is 1.68. The van der Waals surface area contributed by atoms with E-state index in [2.05, 4.69) is 19.9 Å². The van der Waals surface area contributed by atoms with Gasteiger partial charge in [0.1, 0.15) is 5.69 Å². The molecular formula is C21H30N6O3S. The summed E-state index contributed by atoms with van der Waals surface area (Å²) in [6, 6.07) is 5.40. The SMILES string of the molecule is CC(C)S(=O)(=O)N1CCN(c2cnn(-c3ccccn3)c(=O)c2N2CCCCC2)CC1. The van der Waals surface area contributed by atoms with Crippen molar-refractivity contribution in [2.75, 3.05) is 49.1 Å². The van der Waals surface area contributed by atoms with Gasteiger partial charge in [-0.3, -0.25) is 4.79 Å². The number of nitrogens with zero attached hydrogens (tertiary/aromatic N) is 6. The fraction of sp³-hybridized carbons (Fsp3) is 0.571. The summed E-state index contributed by atoms with van der Waals surface area (Å²) >= 11 is 0. The first-order valence-electron chi connectivity index (χ1n) is 10.9. The molecule has 10 heteroatoms. The summed E-state index contributed by atoms with van der Waals surface area (Å²) in [5.41, 5.74) is 1.23. The second-order valence-electron chi connectivity index (χ2n) is 8.31. The van der Waals surface area contributed by atoms with Crippen molar-refractivity contribution in [2.45, 2.75) is 38.4 Å². The fourth-order valence-electron chi connectivity index (χ4n) is 4.21. The van der Waals surface area contributed by atoms with Gasteiger partial charge in [0, 0.05) is 45.5 Å². The van der Waals surface area contributed by atoms with Crippen LogP contribution in [0.5, 0.6) is 0 Å². The predicted octanol–water partition coefficient (Wildman–Crippen LogP) is 1.48. The molecule has 31 heavy (non-hydrogen) atoms. The molecule has 0 spiro atoms. The van der Waals surface area contributed by atoms with Crippen LogP contribution in [-0.2, 0) is 10.0 Å². The van der Waals surface area contributed by atoms with E-state index in [1.807, 2.05) is 6.07 Å². The fourth-order valence-corrected chi connectivity index (χ4v) is 5.47. The number of rotatable bonds is 5. The Morgan fingerprint density at radius 1 is 0.935 bits per heavy atom. The molecule has 2 aliphatic rings. The number of piperazine rings is 1. The third-order valence-electron chi connectivity index (χ3n) is 6.01. The second kappa shape index (κ2) is 8.96. The number of hydrogen-bond acceptors (Lipinski definition) is 7. The maximum absolute atomic E-state index is 13.5. The summed E-state index contributed by atoms with van der Waals surface area (Å²) in [7, 11) is -3.28. The van der Waals surface area contributed by atoms with E-state index in [1.54, 1.807) is 42.7 Å². The molecule has 2 aromatic rings. The number of hydrogen-bond donors (Lipinski definition) is 0. The van der Waals surface area contributed by atoms with Gasteiger partial charge in [-0.15, -0.1) is 0 Å². The maximum Gasteiger partial charge on any atom is 0.298 e. The lowest BCUT2D eigenvalue weighted by Crippen LogP contribution is -2.51. The molecule has 0 N–H and O–H groups in total. The number of anilines is 2.